The first-order valence-electron chi connectivity index (χ1n) is 7.50. The van der Waals surface area contributed by atoms with Gasteiger partial charge in [-0.2, -0.15) is 5.26 Å². The zero-order chi connectivity index (χ0) is 16.9. The Morgan fingerprint density at radius 2 is 2.04 bits per heavy atom. The molecular formula is C19H16ClN3O. The summed E-state index contributed by atoms with van der Waals surface area (Å²) in [5, 5.41) is 14.2. The molecule has 1 aromatic heterocycles. The third-order valence-corrected chi connectivity index (χ3v) is 3.96. The second-order valence-corrected chi connectivity index (χ2v) is 5.86. The molecule has 0 spiro atoms. The van der Waals surface area contributed by atoms with Gasteiger partial charge in [-0.15, -0.1) is 0 Å². The van der Waals surface area contributed by atoms with Crippen LogP contribution in [0.3, 0.4) is 0 Å². The van der Waals surface area contributed by atoms with Crippen LogP contribution in [0.4, 0.5) is 5.69 Å². The minimum Gasteiger partial charge on any atom is -0.380 e. The number of hydrogen-bond acceptors (Lipinski definition) is 4. The average Bonchev–Trinajstić information content (AvgIpc) is 2.60. The summed E-state index contributed by atoms with van der Waals surface area (Å²) in [6, 6.07) is 15.8. The van der Waals surface area contributed by atoms with Crippen molar-refractivity contribution in [3.8, 4) is 6.07 Å². The van der Waals surface area contributed by atoms with E-state index in [1.807, 2.05) is 30.3 Å². The van der Waals surface area contributed by atoms with Gasteiger partial charge < -0.3 is 10.1 Å². The molecule has 0 aliphatic carbocycles. The first-order valence-corrected chi connectivity index (χ1v) is 7.88. The van der Waals surface area contributed by atoms with Gasteiger partial charge in [0, 0.05) is 30.3 Å². The topological polar surface area (TPSA) is 57.9 Å². The number of halogens is 1. The first kappa shape index (κ1) is 16.3. The molecule has 0 saturated heterocycles. The quantitative estimate of drug-likeness (QED) is 0.743. The van der Waals surface area contributed by atoms with E-state index in [4.69, 9.17) is 16.3 Å². The summed E-state index contributed by atoms with van der Waals surface area (Å²) in [6.07, 6.45) is 1.58. The van der Waals surface area contributed by atoms with Crippen molar-refractivity contribution >= 4 is 28.2 Å². The predicted molar refractivity (Wildman–Crippen MR) is 95.9 cm³/mol. The molecule has 0 radical (unpaired) electrons. The molecule has 1 N–H and O–H groups in total. The normalized spacial score (nSPS) is 10.5. The van der Waals surface area contributed by atoms with Crippen LogP contribution in [0.2, 0.25) is 5.02 Å². The Kier molecular flexibility index (Phi) is 4.95. The molecule has 0 atom stereocenters. The highest BCUT2D eigenvalue weighted by atomic mass is 35.5. The van der Waals surface area contributed by atoms with Crippen molar-refractivity contribution in [3.05, 3.63) is 70.4 Å². The van der Waals surface area contributed by atoms with Gasteiger partial charge in [0.15, 0.2) is 0 Å². The van der Waals surface area contributed by atoms with Crippen LogP contribution in [0.1, 0.15) is 16.7 Å². The van der Waals surface area contributed by atoms with Crippen molar-refractivity contribution in [1.29, 1.82) is 5.26 Å². The molecule has 0 aliphatic rings. The second kappa shape index (κ2) is 7.31. The standard InChI is InChI=1S/C19H16ClN3O/c1-24-12-14-4-2-3-13(7-14)10-23-19-15(9-21)11-22-18-6-5-16(20)8-17(18)19/h2-8,11H,10,12H2,1H3,(H,22,23). The number of rotatable bonds is 5. The minimum atomic E-state index is 0.498. The van der Waals surface area contributed by atoms with Crippen LogP contribution in [0.15, 0.2) is 48.7 Å². The Labute approximate surface area is 145 Å². The fraction of sp³-hybridized carbons (Fsp3) is 0.158. The predicted octanol–water partition coefficient (Wildman–Crippen LogP) is 4.52. The minimum absolute atomic E-state index is 0.498. The number of ether oxygens (including phenoxy) is 1. The third kappa shape index (κ3) is 3.48. The lowest BCUT2D eigenvalue weighted by Crippen LogP contribution is -2.03. The fourth-order valence-corrected chi connectivity index (χ4v) is 2.80. The molecule has 4 nitrogen and oxygen atoms in total. The molecule has 2 aromatic carbocycles. The summed E-state index contributed by atoms with van der Waals surface area (Å²) in [4.78, 5) is 4.31. The molecule has 120 valence electrons. The number of methoxy groups -OCH3 is 1. The van der Waals surface area contributed by atoms with Crippen molar-refractivity contribution < 1.29 is 4.74 Å². The number of anilines is 1. The molecule has 3 aromatic rings. The lowest BCUT2D eigenvalue weighted by Gasteiger charge is -2.12. The highest BCUT2D eigenvalue weighted by molar-refractivity contribution is 6.31. The van der Waals surface area contributed by atoms with E-state index in [-0.39, 0.29) is 0 Å². The second-order valence-electron chi connectivity index (χ2n) is 5.43. The SMILES string of the molecule is COCc1cccc(CNc2c(C#N)cnc3ccc(Cl)cc23)c1. The summed E-state index contributed by atoms with van der Waals surface area (Å²) in [5.41, 5.74) is 4.27. The van der Waals surface area contributed by atoms with E-state index >= 15 is 0 Å². The number of nitrogens with zero attached hydrogens (tertiary/aromatic N) is 2. The highest BCUT2D eigenvalue weighted by Gasteiger charge is 2.09. The van der Waals surface area contributed by atoms with Crippen LogP contribution >= 0.6 is 11.6 Å². The molecule has 0 fully saturated rings. The molecule has 1 heterocycles. The van der Waals surface area contributed by atoms with Crippen molar-refractivity contribution in [2.45, 2.75) is 13.2 Å². The maximum absolute atomic E-state index is 9.38. The maximum atomic E-state index is 9.38. The highest BCUT2D eigenvalue weighted by Crippen LogP contribution is 2.28. The van der Waals surface area contributed by atoms with Gasteiger partial charge in [0.25, 0.3) is 0 Å². The summed E-state index contributed by atoms with van der Waals surface area (Å²) >= 11 is 6.11. The number of nitrogens with one attached hydrogen (secondary N) is 1. The van der Waals surface area contributed by atoms with Crippen LogP contribution in [-0.4, -0.2) is 12.1 Å². The number of hydrogen-bond donors (Lipinski definition) is 1. The van der Waals surface area contributed by atoms with Crippen molar-refractivity contribution in [2.24, 2.45) is 0 Å². The zero-order valence-corrected chi connectivity index (χ0v) is 14.0. The van der Waals surface area contributed by atoms with Crippen LogP contribution in [0.5, 0.6) is 0 Å². The van der Waals surface area contributed by atoms with E-state index < -0.39 is 0 Å². The Balaban J connectivity index is 1.93. The van der Waals surface area contributed by atoms with Gasteiger partial charge in [0.05, 0.1) is 23.4 Å². The maximum Gasteiger partial charge on any atom is 0.103 e. The van der Waals surface area contributed by atoms with Gasteiger partial charge in [-0.05, 0) is 29.3 Å². The van der Waals surface area contributed by atoms with Gasteiger partial charge in [0.1, 0.15) is 6.07 Å². The fourth-order valence-electron chi connectivity index (χ4n) is 2.63. The smallest absolute Gasteiger partial charge is 0.103 e. The van der Waals surface area contributed by atoms with Crippen molar-refractivity contribution in [1.82, 2.24) is 4.98 Å². The largest absolute Gasteiger partial charge is 0.380 e. The summed E-state index contributed by atoms with van der Waals surface area (Å²) < 4.78 is 5.17. The van der Waals surface area contributed by atoms with Gasteiger partial charge in [-0.25, -0.2) is 0 Å². The number of nitriles is 1. The van der Waals surface area contributed by atoms with Crippen molar-refractivity contribution in [2.75, 3.05) is 12.4 Å². The number of fused-ring (bicyclic) bond motifs is 1. The third-order valence-electron chi connectivity index (χ3n) is 3.72. The lowest BCUT2D eigenvalue weighted by molar-refractivity contribution is 0.185. The molecule has 0 bridgehead atoms. The molecule has 0 amide bonds. The Morgan fingerprint density at radius 3 is 2.83 bits per heavy atom. The Morgan fingerprint density at radius 1 is 1.21 bits per heavy atom. The van der Waals surface area contributed by atoms with Crippen LogP contribution in [0.25, 0.3) is 10.9 Å². The van der Waals surface area contributed by atoms with Crippen molar-refractivity contribution in [3.63, 3.8) is 0 Å². The molecular weight excluding hydrogens is 322 g/mol. The van der Waals surface area contributed by atoms with E-state index in [9.17, 15) is 5.26 Å². The van der Waals surface area contributed by atoms with Crippen LogP contribution < -0.4 is 5.32 Å². The molecule has 0 saturated carbocycles. The Bertz CT molecular complexity index is 918. The first-order chi connectivity index (χ1) is 11.7. The molecule has 5 heteroatoms. The average molecular weight is 338 g/mol. The van der Waals surface area contributed by atoms with Gasteiger partial charge in [-0.1, -0.05) is 35.9 Å². The molecule has 3 rings (SSSR count). The van der Waals surface area contributed by atoms with Gasteiger partial charge in [-0.3, -0.25) is 4.98 Å². The molecule has 0 aliphatic heterocycles. The van der Waals surface area contributed by atoms with E-state index in [0.717, 1.165) is 27.7 Å². The van der Waals surface area contributed by atoms with E-state index in [2.05, 4.69) is 22.4 Å². The van der Waals surface area contributed by atoms with Gasteiger partial charge in [0.2, 0.25) is 0 Å². The van der Waals surface area contributed by atoms with Crippen LogP contribution in [-0.2, 0) is 17.9 Å². The van der Waals surface area contributed by atoms with Gasteiger partial charge >= 0.3 is 0 Å². The number of benzene rings is 2. The summed E-state index contributed by atoms with van der Waals surface area (Å²) in [6.45, 7) is 1.17. The van der Waals surface area contributed by atoms with E-state index in [1.165, 1.54) is 0 Å². The molecule has 0 unspecified atom stereocenters. The number of aromatic nitrogens is 1. The lowest BCUT2D eigenvalue weighted by atomic mass is 10.1. The summed E-state index contributed by atoms with van der Waals surface area (Å²) in [7, 11) is 1.68. The zero-order valence-electron chi connectivity index (χ0n) is 13.2. The monoisotopic (exact) mass is 337 g/mol. The number of pyridine rings is 1. The summed E-state index contributed by atoms with van der Waals surface area (Å²) in [5.74, 6) is 0. The Hall–Kier alpha value is -2.61. The van der Waals surface area contributed by atoms with Crippen LogP contribution in [0, 0.1) is 11.3 Å². The molecule has 24 heavy (non-hydrogen) atoms. The van der Waals surface area contributed by atoms with E-state index in [0.29, 0.717) is 23.7 Å². The van der Waals surface area contributed by atoms with E-state index in [1.54, 1.807) is 19.4 Å².